The number of benzene rings is 1. The topological polar surface area (TPSA) is 0 Å². The monoisotopic (exact) mass is 294 g/mol. The second kappa shape index (κ2) is 4.38. The third kappa shape index (κ3) is 2.70. The molecule has 1 saturated carbocycles. The third-order valence-electron chi connectivity index (χ3n) is 2.61. The summed E-state index contributed by atoms with van der Waals surface area (Å²) in [6.07, 6.45) is 3.05. The summed E-state index contributed by atoms with van der Waals surface area (Å²) in [6, 6.07) is 2.31. The van der Waals surface area contributed by atoms with E-state index in [9.17, 15) is 8.78 Å². The highest BCUT2D eigenvalue weighted by Gasteiger charge is 2.27. The Morgan fingerprint density at radius 3 is 2.60 bits per heavy atom. The van der Waals surface area contributed by atoms with Crippen molar-refractivity contribution in [2.24, 2.45) is 5.92 Å². The van der Waals surface area contributed by atoms with Gasteiger partial charge >= 0.3 is 0 Å². The molecule has 2 rings (SSSR count). The molecule has 1 fully saturated rings. The zero-order chi connectivity index (χ0) is 11.0. The molecule has 0 N–H and O–H groups in total. The molecule has 1 aliphatic rings. The smallest absolute Gasteiger partial charge is 0.137 e. The van der Waals surface area contributed by atoms with Crippen molar-refractivity contribution in [3.05, 3.63) is 33.8 Å². The Bertz CT molecular complexity index is 377. The first-order valence-corrected chi connectivity index (χ1v) is 6.09. The van der Waals surface area contributed by atoms with Crippen molar-refractivity contribution in [3.63, 3.8) is 0 Å². The Hall–Kier alpha value is -0.150. The minimum absolute atomic E-state index is 0.138. The van der Waals surface area contributed by atoms with E-state index in [4.69, 9.17) is 11.6 Å². The van der Waals surface area contributed by atoms with Gasteiger partial charge in [0.05, 0.1) is 9.85 Å². The van der Waals surface area contributed by atoms with E-state index in [0.29, 0.717) is 5.92 Å². The molecule has 0 spiro atoms. The van der Waals surface area contributed by atoms with Crippen LogP contribution in [0.15, 0.2) is 16.6 Å². The fraction of sp³-hybridized carbons (Fsp3) is 0.455. The molecule has 1 aliphatic carbocycles. The summed E-state index contributed by atoms with van der Waals surface area (Å²) < 4.78 is 26.8. The van der Waals surface area contributed by atoms with Gasteiger partial charge in [0.2, 0.25) is 0 Å². The minimum Gasteiger partial charge on any atom is -0.207 e. The zero-order valence-corrected chi connectivity index (χ0v) is 10.3. The molecule has 0 radical (unpaired) electrons. The van der Waals surface area contributed by atoms with Gasteiger partial charge in [-0.25, -0.2) is 8.78 Å². The molecule has 4 heteroatoms. The molecular weight excluding hydrogens is 285 g/mol. The first-order chi connectivity index (χ1) is 7.08. The Balaban J connectivity index is 2.21. The molecule has 0 bridgehead atoms. The number of hydrogen-bond acceptors (Lipinski definition) is 0. The van der Waals surface area contributed by atoms with Crippen LogP contribution in [0.3, 0.4) is 0 Å². The van der Waals surface area contributed by atoms with Crippen molar-refractivity contribution in [3.8, 4) is 0 Å². The lowest BCUT2D eigenvalue weighted by molar-refractivity contribution is 0.567. The lowest BCUT2D eigenvalue weighted by Crippen LogP contribution is -1.98. The number of alkyl halides is 1. The van der Waals surface area contributed by atoms with E-state index in [0.717, 1.165) is 25.3 Å². The summed E-state index contributed by atoms with van der Waals surface area (Å²) >= 11 is 8.98. The highest BCUT2D eigenvalue weighted by atomic mass is 79.9. The molecule has 82 valence electrons. The average molecular weight is 296 g/mol. The van der Waals surface area contributed by atoms with Gasteiger partial charge < -0.3 is 0 Å². The van der Waals surface area contributed by atoms with Crippen LogP contribution in [0.2, 0.25) is 0 Å². The standard InChI is InChI=1S/C11H10BrClF2/c12-8-5-10(14)7(4-11(8)15)9(13)3-6-1-2-6/h4-6,9H,1-3H2. The Morgan fingerprint density at radius 2 is 2.00 bits per heavy atom. The van der Waals surface area contributed by atoms with Crippen LogP contribution in [-0.4, -0.2) is 0 Å². The van der Waals surface area contributed by atoms with Gasteiger partial charge in [-0.2, -0.15) is 0 Å². The molecular formula is C11H10BrClF2. The van der Waals surface area contributed by atoms with Gasteiger partial charge in [0.15, 0.2) is 0 Å². The molecule has 0 nitrogen and oxygen atoms in total. The fourth-order valence-corrected chi connectivity index (χ4v) is 2.29. The highest BCUT2D eigenvalue weighted by molar-refractivity contribution is 9.10. The van der Waals surface area contributed by atoms with Gasteiger partial charge in [-0.05, 0) is 40.4 Å². The van der Waals surface area contributed by atoms with E-state index in [-0.39, 0.29) is 10.0 Å². The SMILES string of the molecule is Fc1cc(C(Cl)CC2CC2)c(F)cc1Br. The van der Waals surface area contributed by atoms with Gasteiger partial charge in [-0.3, -0.25) is 0 Å². The van der Waals surface area contributed by atoms with Crippen molar-refractivity contribution < 1.29 is 8.78 Å². The van der Waals surface area contributed by atoms with E-state index in [2.05, 4.69) is 15.9 Å². The van der Waals surface area contributed by atoms with Crippen molar-refractivity contribution in [2.75, 3.05) is 0 Å². The Morgan fingerprint density at radius 1 is 1.33 bits per heavy atom. The Labute approximate surface area is 101 Å². The summed E-state index contributed by atoms with van der Waals surface area (Å²) in [6.45, 7) is 0. The number of hydrogen-bond donors (Lipinski definition) is 0. The maximum Gasteiger partial charge on any atom is 0.137 e. The number of halogens is 4. The molecule has 0 aliphatic heterocycles. The Kier molecular flexibility index (Phi) is 3.31. The lowest BCUT2D eigenvalue weighted by atomic mass is 10.1. The summed E-state index contributed by atoms with van der Waals surface area (Å²) in [7, 11) is 0. The molecule has 1 aromatic rings. The van der Waals surface area contributed by atoms with Crippen molar-refractivity contribution >= 4 is 27.5 Å². The van der Waals surface area contributed by atoms with Gasteiger partial charge in [0.1, 0.15) is 11.6 Å². The molecule has 0 heterocycles. The van der Waals surface area contributed by atoms with E-state index in [1.54, 1.807) is 0 Å². The van der Waals surface area contributed by atoms with Crippen LogP contribution in [0.5, 0.6) is 0 Å². The van der Waals surface area contributed by atoms with Crippen LogP contribution >= 0.6 is 27.5 Å². The maximum atomic E-state index is 13.5. The molecule has 15 heavy (non-hydrogen) atoms. The molecule has 1 aromatic carbocycles. The fourth-order valence-electron chi connectivity index (χ4n) is 1.55. The molecule has 0 amide bonds. The normalized spacial score (nSPS) is 17.9. The molecule has 1 atom stereocenters. The van der Waals surface area contributed by atoms with Crippen LogP contribution in [0.25, 0.3) is 0 Å². The average Bonchev–Trinajstić information content (AvgIpc) is 2.95. The second-order valence-electron chi connectivity index (χ2n) is 3.93. The summed E-state index contributed by atoms with van der Waals surface area (Å²) in [4.78, 5) is 0. The van der Waals surface area contributed by atoms with E-state index in [1.807, 2.05) is 0 Å². The van der Waals surface area contributed by atoms with E-state index < -0.39 is 17.0 Å². The van der Waals surface area contributed by atoms with Gasteiger partial charge in [-0.1, -0.05) is 12.8 Å². The van der Waals surface area contributed by atoms with Gasteiger partial charge in [0.25, 0.3) is 0 Å². The first-order valence-electron chi connectivity index (χ1n) is 4.86. The molecule has 1 unspecified atom stereocenters. The van der Waals surface area contributed by atoms with Crippen LogP contribution in [0, 0.1) is 17.6 Å². The minimum atomic E-state index is -0.465. The first kappa shape index (κ1) is 11.3. The van der Waals surface area contributed by atoms with E-state index in [1.165, 1.54) is 6.07 Å². The molecule has 0 saturated heterocycles. The van der Waals surface area contributed by atoms with Gasteiger partial charge in [-0.15, -0.1) is 11.6 Å². The van der Waals surface area contributed by atoms with Crippen LogP contribution < -0.4 is 0 Å². The largest absolute Gasteiger partial charge is 0.207 e. The quantitative estimate of drug-likeness (QED) is 0.554. The van der Waals surface area contributed by atoms with Crippen molar-refractivity contribution in [1.82, 2.24) is 0 Å². The predicted molar refractivity (Wildman–Crippen MR) is 60.0 cm³/mol. The summed E-state index contributed by atoms with van der Waals surface area (Å²) in [5, 5.41) is -0.417. The van der Waals surface area contributed by atoms with Crippen LogP contribution in [0.4, 0.5) is 8.78 Å². The maximum absolute atomic E-state index is 13.5. The summed E-state index contributed by atoms with van der Waals surface area (Å²) in [5.41, 5.74) is 0.268. The lowest BCUT2D eigenvalue weighted by Gasteiger charge is -2.10. The van der Waals surface area contributed by atoms with Crippen molar-refractivity contribution in [1.29, 1.82) is 0 Å². The predicted octanol–water partition coefficient (Wildman–Crippen LogP) is 4.81. The van der Waals surface area contributed by atoms with E-state index >= 15 is 0 Å². The second-order valence-corrected chi connectivity index (χ2v) is 5.32. The van der Waals surface area contributed by atoms with Gasteiger partial charge in [0, 0.05) is 5.56 Å². The zero-order valence-electron chi connectivity index (χ0n) is 7.94. The summed E-state index contributed by atoms with van der Waals surface area (Å²) in [5.74, 6) is -0.310. The highest BCUT2D eigenvalue weighted by Crippen LogP contribution is 2.41. The third-order valence-corrected chi connectivity index (χ3v) is 3.64. The molecule has 0 aromatic heterocycles. The van der Waals surface area contributed by atoms with Crippen LogP contribution in [-0.2, 0) is 0 Å². The van der Waals surface area contributed by atoms with Crippen molar-refractivity contribution in [2.45, 2.75) is 24.6 Å². The van der Waals surface area contributed by atoms with Crippen LogP contribution in [0.1, 0.15) is 30.2 Å². The number of rotatable bonds is 3.